The van der Waals surface area contributed by atoms with E-state index in [1.807, 2.05) is 0 Å². The molecular weight excluding hydrogens is 327 g/mol. The van der Waals surface area contributed by atoms with Crippen molar-refractivity contribution in [3.8, 4) is 5.88 Å². The number of rotatable bonds is 7. The normalized spacial score (nSPS) is 17.0. The van der Waals surface area contributed by atoms with Gasteiger partial charge in [-0.1, -0.05) is 37.8 Å². The Morgan fingerprint density at radius 2 is 2.17 bits per heavy atom. The van der Waals surface area contributed by atoms with Crippen LogP contribution in [-0.4, -0.2) is 9.78 Å². The molecule has 1 aliphatic rings. The SMILES string of the molecule is [2H]C([2H])(Oc1cc(CCC)nn1CC1CCCC1)c1cc(Cl)ccc1F. The van der Waals surface area contributed by atoms with Crippen molar-refractivity contribution in [1.29, 1.82) is 0 Å². The van der Waals surface area contributed by atoms with E-state index in [0.717, 1.165) is 37.4 Å². The third kappa shape index (κ3) is 4.29. The maximum absolute atomic E-state index is 14.1. The second-order valence-electron chi connectivity index (χ2n) is 6.38. The van der Waals surface area contributed by atoms with Crippen LogP contribution in [0.4, 0.5) is 4.39 Å². The number of aryl methyl sites for hydroxylation is 1. The number of hydrogen-bond donors (Lipinski definition) is 0. The highest BCUT2D eigenvalue weighted by Gasteiger charge is 2.19. The Bertz CT molecular complexity index is 760. The van der Waals surface area contributed by atoms with Crippen molar-refractivity contribution in [2.24, 2.45) is 5.92 Å². The summed E-state index contributed by atoms with van der Waals surface area (Å²) in [6, 6.07) is 5.57. The molecule has 130 valence electrons. The minimum atomic E-state index is -2.34. The van der Waals surface area contributed by atoms with Crippen LogP contribution in [0, 0.1) is 11.7 Å². The molecule has 24 heavy (non-hydrogen) atoms. The Balaban J connectivity index is 1.87. The zero-order chi connectivity index (χ0) is 18.7. The molecule has 0 saturated heterocycles. The number of benzene rings is 1. The number of halogens is 2. The summed E-state index contributed by atoms with van der Waals surface area (Å²) in [6.07, 6.45) is 6.48. The van der Waals surface area contributed by atoms with E-state index in [1.165, 1.54) is 25.0 Å². The van der Waals surface area contributed by atoms with E-state index in [4.69, 9.17) is 19.1 Å². The molecule has 0 spiro atoms. The molecule has 1 saturated carbocycles. The molecular formula is C19H24ClFN2O. The number of aromatic nitrogens is 2. The van der Waals surface area contributed by atoms with Gasteiger partial charge in [0, 0.05) is 23.2 Å². The lowest BCUT2D eigenvalue weighted by Crippen LogP contribution is -2.11. The second-order valence-corrected chi connectivity index (χ2v) is 6.82. The van der Waals surface area contributed by atoms with Crippen LogP contribution in [0.15, 0.2) is 24.3 Å². The zero-order valence-electron chi connectivity index (χ0n) is 15.9. The van der Waals surface area contributed by atoms with Gasteiger partial charge in [-0.3, -0.25) is 0 Å². The first-order chi connectivity index (χ1) is 12.4. The van der Waals surface area contributed by atoms with Crippen molar-refractivity contribution in [2.45, 2.75) is 58.6 Å². The number of ether oxygens (including phenoxy) is 1. The second kappa shape index (κ2) is 8.02. The average molecular weight is 353 g/mol. The van der Waals surface area contributed by atoms with Crippen molar-refractivity contribution in [2.75, 3.05) is 0 Å². The maximum atomic E-state index is 14.1. The predicted octanol–water partition coefficient (Wildman–Crippen LogP) is 5.40. The Morgan fingerprint density at radius 1 is 1.38 bits per heavy atom. The summed E-state index contributed by atoms with van der Waals surface area (Å²) in [5.41, 5.74) is 0.651. The van der Waals surface area contributed by atoms with E-state index in [-0.39, 0.29) is 10.6 Å². The Morgan fingerprint density at radius 3 is 2.92 bits per heavy atom. The Kier molecular flexibility index (Phi) is 4.93. The van der Waals surface area contributed by atoms with Crippen LogP contribution >= 0.6 is 11.6 Å². The van der Waals surface area contributed by atoms with Gasteiger partial charge in [0.1, 0.15) is 12.4 Å². The summed E-state index contributed by atoms with van der Waals surface area (Å²) in [6.45, 7) is 0.427. The molecule has 3 rings (SSSR count). The van der Waals surface area contributed by atoms with Crippen LogP contribution in [0.3, 0.4) is 0 Å². The lowest BCUT2D eigenvalue weighted by Gasteiger charge is -2.13. The molecule has 2 aromatic rings. The summed E-state index contributed by atoms with van der Waals surface area (Å²) in [5.74, 6) is 0.181. The van der Waals surface area contributed by atoms with Gasteiger partial charge in [0.05, 0.1) is 8.44 Å². The quantitative estimate of drug-likeness (QED) is 0.667. The average Bonchev–Trinajstić information content (AvgIpc) is 3.21. The minimum Gasteiger partial charge on any atom is -0.473 e. The van der Waals surface area contributed by atoms with Crippen LogP contribution in [-0.2, 0) is 19.5 Å². The molecule has 0 atom stereocenters. The minimum absolute atomic E-state index is 0.212. The van der Waals surface area contributed by atoms with Gasteiger partial charge in [-0.15, -0.1) is 0 Å². The molecule has 0 N–H and O–H groups in total. The first-order valence-electron chi connectivity index (χ1n) is 9.60. The first-order valence-corrected chi connectivity index (χ1v) is 8.98. The van der Waals surface area contributed by atoms with E-state index in [2.05, 4.69) is 12.0 Å². The summed E-state index contributed by atoms with van der Waals surface area (Å²) in [4.78, 5) is 0. The highest BCUT2D eigenvalue weighted by molar-refractivity contribution is 6.30. The van der Waals surface area contributed by atoms with Crippen LogP contribution in [0.5, 0.6) is 5.88 Å². The molecule has 0 amide bonds. The lowest BCUT2D eigenvalue weighted by atomic mass is 10.1. The standard InChI is InChI=1S/C19H24ClFN2O/c1-2-5-17-11-19(23(22-17)12-14-6-3-4-7-14)24-13-15-10-16(20)8-9-18(15)21/h8-11,14H,2-7,12-13H2,1H3/i13D2. The highest BCUT2D eigenvalue weighted by Crippen LogP contribution is 2.28. The summed E-state index contributed by atoms with van der Waals surface area (Å²) in [7, 11) is 0. The van der Waals surface area contributed by atoms with Crippen LogP contribution < -0.4 is 4.74 Å². The van der Waals surface area contributed by atoms with Crippen molar-refractivity contribution < 1.29 is 11.9 Å². The van der Waals surface area contributed by atoms with Gasteiger partial charge in [0.2, 0.25) is 5.88 Å². The molecule has 0 bridgehead atoms. The molecule has 1 aliphatic carbocycles. The molecule has 0 unspecified atom stereocenters. The van der Waals surface area contributed by atoms with Gasteiger partial charge in [0.15, 0.2) is 0 Å². The third-order valence-electron chi connectivity index (χ3n) is 4.40. The maximum Gasteiger partial charge on any atom is 0.212 e. The molecule has 1 aromatic heterocycles. The topological polar surface area (TPSA) is 27.1 Å². The fraction of sp³-hybridized carbons (Fsp3) is 0.526. The fourth-order valence-corrected chi connectivity index (χ4v) is 3.33. The largest absolute Gasteiger partial charge is 0.473 e. The van der Waals surface area contributed by atoms with Crippen molar-refractivity contribution in [1.82, 2.24) is 9.78 Å². The van der Waals surface area contributed by atoms with Crippen molar-refractivity contribution >= 4 is 11.6 Å². The highest BCUT2D eigenvalue weighted by atomic mass is 35.5. The van der Waals surface area contributed by atoms with E-state index in [1.54, 1.807) is 10.7 Å². The molecule has 0 radical (unpaired) electrons. The predicted molar refractivity (Wildman–Crippen MR) is 93.9 cm³/mol. The third-order valence-corrected chi connectivity index (χ3v) is 4.63. The lowest BCUT2D eigenvalue weighted by molar-refractivity contribution is 0.257. The van der Waals surface area contributed by atoms with E-state index in [0.29, 0.717) is 18.3 Å². The molecule has 3 nitrogen and oxygen atoms in total. The van der Waals surface area contributed by atoms with Crippen molar-refractivity contribution in [3.63, 3.8) is 0 Å². The fourth-order valence-electron chi connectivity index (χ4n) is 3.16. The molecule has 5 heteroatoms. The van der Waals surface area contributed by atoms with Crippen LogP contribution in [0.25, 0.3) is 0 Å². The van der Waals surface area contributed by atoms with E-state index < -0.39 is 12.4 Å². The van der Waals surface area contributed by atoms with Gasteiger partial charge in [0.25, 0.3) is 0 Å². The van der Waals surface area contributed by atoms with Gasteiger partial charge in [-0.05, 0) is 43.4 Å². The van der Waals surface area contributed by atoms with Crippen LogP contribution in [0.2, 0.25) is 5.02 Å². The molecule has 0 aliphatic heterocycles. The van der Waals surface area contributed by atoms with Gasteiger partial charge in [-0.25, -0.2) is 9.07 Å². The zero-order valence-corrected chi connectivity index (χ0v) is 14.7. The summed E-state index contributed by atoms with van der Waals surface area (Å²) >= 11 is 5.91. The van der Waals surface area contributed by atoms with Crippen LogP contribution in [0.1, 0.15) is 53.0 Å². The van der Waals surface area contributed by atoms with E-state index in [9.17, 15) is 4.39 Å². The van der Waals surface area contributed by atoms with Crippen molar-refractivity contribution in [3.05, 3.63) is 46.4 Å². The van der Waals surface area contributed by atoms with E-state index >= 15 is 0 Å². The summed E-state index contributed by atoms with van der Waals surface area (Å²) < 4.78 is 38.0. The van der Waals surface area contributed by atoms with Gasteiger partial charge in [-0.2, -0.15) is 5.10 Å². The molecule has 1 aromatic carbocycles. The van der Waals surface area contributed by atoms with Gasteiger partial charge < -0.3 is 4.74 Å². The summed E-state index contributed by atoms with van der Waals surface area (Å²) in [5, 5.41) is 4.85. The number of nitrogens with zero attached hydrogens (tertiary/aromatic N) is 2. The monoisotopic (exact) mass is 352 g/mol. The molecule has 1 heterocycles. The van der Waals surface area contributed by atoms with Gasteiger partial charge >= 0.3 is 0 Å². The Hall–Kier alpha value is -1.55. The smallest absolute Gasteiger partial charge is 0.212 e. The number of hydrogen-bond acceptors (Lipinski definition) is 2. The Labute approximate surface area is 150 Å². The molecule has 1 fully saturated rings. The first kappa shape index (κ1) is 14.8.